The van der Waals surface area contributed by atoms with Gasteiger partial charge in [0.1, 0.15) is 0 Å². The number of carbonyl (C=O) groups excluding carboxylic acids is 1. The van der Waals surface area contributed by atoms with Gasteiger partial charge in [-0.3, -0.25) is 4.79 Å². The van der Waals surface area contributed by atoms with Crippen molar-refractivity contribution in [2.75, 3.05) is 0 Å². The maximum atomic E-state index is 12.7. The van der Waals surface area contributed by atoms with Gasteiger partial charge in [-0.15, -0.1) is 0 Å². The molecule has 0 aromatic heterocycles. The van der Waals surface area contributed by atoms with Crippen LogP contribution >= 0.6 is 0 Å². The first-order valence-electron chi connectivity index (χ1n) is 8.95. The Labute approximate surface area is 133 Å². The van der Waals surface area contributed by atoms with Crippen molar-refractivity contribution in [2.45, 2.75) is 63.8 Å². The summed E-state index contributed by atoms with van der Waals surface area (Å²) in [4.78, 5) is 12.7. The third-order valence-electron chi connectivity index (χ3n) is 6.26. The van der Waals surface area contributed by atoms with Gasteiger partial charge < -0.3 is 5.32 Å². The Morgan fingerprint density at radius 1 is 1.00 bits per heavy atom. The van der Waals surface area contributed by atoms with E-state index in [1.54, 1.807) is 0 Å². The topological polar surface area (TPSA) is 29.1 Å². The van der Waals surface area contributed by atoms with E-state index in [1.807, 2.05) is 12.1 Å². The molecule has 1 N–H and O–H groups in total. The van der Waals surface area contributed by atoms with Crippen LogP contribution in [-0.2, 0) is 0 Å². The Morgan fingerprint density at radius 3 is 1.95 bits per heavy atom. The minimum absolute atomic E-state index is 0.114. The third-order valence-corrected chi connectivity index (χ3v) is 6.26. The highest BCUT2D eigenvalue weighted by Crippen LogP contribution is 2.55. The average Bonchev–Trinajstić information content (AvgIpc) is 2.45. The first kappa shape index (κ1) is 14.3. The second-order valence-corrected chi connectivity index (χ2v) is 8.43. The highest BCUT2D eigenvalue weighted by molar-refractivity contribution is 5.94. The highest BCUT2D eigenvalue weighted by Gasteiger charge is 2.51. The number of amides is 1. The monoisotopic (exact) mass is 297 g/mol. The van der Waals surface area contributed by atoms with Crippen LogP contribution in [0.4, 0.5) is 0 Å². The SMILES string of the molecule is CC(C)c1ccc(C(=O)NC23CC4CC(CC(C4)C2)C3)cc1. The van der Waals surface area contributed by atoms with Crippen molar-refractivity contribution in [1.29, 1.82) is 0 Å². The second kappa shape index (κ2) is 5.11. The molecule has 0 aliphatic heterocycles. The quantitative estimate of drug-likeness (QED) is 0.874. The fourth-order valence-corrected chi connectivity index (χ4v) is 5.60. The second-order valence-electron chi connectivity index (χ2n) is 8.43. The molecule has 1 amide bonds. The molecule has 4 fully saturated rings. The summed E-state index contributed by atoms with van der Waals surface area (Å²) >= 11 is 0. The van der Waals surface area contributed by atoms with Gasteiger partial charge in [0, 0.05) is 11.1 Å². The molecule has 0 radical (unpaired) electrons. The minimum atomic E-state index is 0.114. The van der Waals surface area contributed by atoms with Crippen molar-refractivity contribution in [3.8, 4) is 0 Å². The molecule has 22 heavy (non-hydrogen) atoms. The Kier molecular flexibility index (Phi) is 3.32. The van der Waals surface area contributed by atoms with Crippen molar-refractivity contribution in [1.82, 2.24) is 5.32 Å². The Balaban J connectivity index is 1.50. The summed E-state index contributed by atoms with van der Waals surface area (Å²) < 4.78 is 0. The molecule has 0 spiro atoms. The van der Waals surface area contributed by atoms with Crippen LogP contribution in [0.1, 0.15) is 74.2 Å². The van der Waals surface area contributed by atoms with E-state index in [-0.39, 0.29) is 11.4 Å². The molecular formula is C20H27NO. The lowest BCUT2D eigenvalue weighted by atomic mass is 9.53. The molecule has 0 atom stereocenters. The first-order chi connectivity index (χ1) is 10.5. The van der Waals surface area contributed by atoms with Crippen molar-refractivity contribution in [2.24, 2.45) is 17.8 Å². The predicted molar refractivity (Wildman–Crippen MR) is 88.9 cm³/mol. The van der Waals surface area contributed by atoms with Gasteiger partial charge in [-0.05, 0) is 79.9 Å². The van der Waals surface area contributed by atoms with Gasteiger partial charge in [0.15, 0.2) is 0 Å². The largest absolute Gasteiger partial charge is 0.347 e. The molecule has 118 valence electrons. The number of benzene rings is 1. The van der Waals surface area contributed by atoms with Gasteiger partial charge in [0.2, 0.25) is 0 Å². The molecule has 2 nitrogen and oxygen atoms in total. The summed E-state index contributed by atoms with van der Waals surface area (Å²) in [5.41, 5.74) is 2.23. The van der Waals surface area contributed by atoms with Crippen LogP contribution in [0.3, 0.4) is 0 Å². The molecule has 1 aromatic rings. The Hall–Kier alpha value is -1.31. The molecule has 1 aromatic carbocycles. The number of rotatable bonds is 3. The molecule has 5 rings (SSSR count). The van der Waals surface area contributed by atoms with Crippen molar-refractivity contribution >= 4 is 5.91 Å². The van der Waals surface area contributed by atoms with Gasteiger partial charge in [-0.25, -0.2) is 0 Å². The molecule has 0 saturated heterocycles. The van der Waals surface area contributed by atoms with Gasteiger partial charge in [0.05, 0.1) is 0 Å². The van der Waals surface area contributed by atoms with Crippen LogP contribution < -0.4 is 5.32 Å². The van der Waals surface area contributed by atoms with E-state index in [0.717, 1.165) is 23.3 Å². The van der Waals surface area contributed by atoms with E-state index in [2.05, 4.69) is 31.3 Å². The Morgan fingerprint density at radius 2 is 1.50 bits per heavy atom. The summed E-state index contributed by atoms with van der Waals surface area (Å²) in [5, 5.41) is 3.45. The molecule has 4 bridgehead atoms. The zero-order valence-corrected chi connectivity index (χ0v) is 13.8. The standard InChI is InChI=1S/C20H27NO/c1-13(2)17-3-5-18(6-4-17)19(22)21-20-10-14-7-15(11-20)9-16(8-14)12-20/h3-6,13-16H,7-12H2,1-2H3,(H,21,22). The van der Waals surface area contributed by atoms with Gasteiger partial charge >= 0.3 is 0 Å². The predicted octanol–water partition coefficient (Wildman–Crippen LogP) is 4.51. The third kappa shape index (κ3) is 2.47. The van der Waals surface area contributed by atoms with Crippen LogP contribution in [0.15, 0.2) is 24.3 Å². The van der Waals surface area contributed by atoms with Crippen LogP contribution in [-0.4, -0.2) is 11.4 Å². The minimum Gasteiger partial charge on any atom is -0.347 e. The summed E-state index contributed by atoms with van der Waals surface area (Å²) in [5.74, 6) is 3.26. The average molecular weight is 297 g/mol. The van der Waals surface area contributed by atoms with Crippen molar-refractivity contribution in [3.63, 3.8) is 0 Å². The van der Waals surface area contributed by atoms with Crippen LogP contribution in [0.25, 0.3) is 0 Å². The fourth-order valence-electron chi connectivity index (χ4n) is 5.60. The first-order valence-corrected chi connectivity index (χ1v) is 8.95. The van der Waals surface area contributed by atoms with E-state index >= 15 is 0 Å². The summed E-state index contributed by atoms with van der Waals surface area (Å²) in [6.07, 6.45) is 7.90. The molecular weight excluding hydrogens is 270 g/mol. The molecule has 0 heterocycles. The smallest absolute Gasteiger partial charge is 0.251 e. The fraction of sp³-hybridized carbons (Fsp3) is 0.650. The summed E-state index contributed by atoms with van der Waals surface area (Å²) in [6.45, 7) is 4.37. The molecule has 2 heteroatoms. The van der Waals surface area contributed by atoms with Gasteiger partial charge in [0.25, 0.3) is 5.91 Å². The zero-order valence-electron chi connectivity index (χ0n) is 13.8. The van der Waals surface area contributed by atoms with Crippen molar-refractivity contribution < 1.29 is 4.79 Å². The number of hydrogen-bond donors (Lipinski definition) is 1. The van der Waals surface area contributed by atoms with E-state index in [0.29, 0.717) is 5.92 Å². The number of nitrogens with one attached hydrogen (secondary N) is 1. The van der Waals surface area contributed by atoms with E-state index < -0.39 is 0 Å². The number of carbonyl (C=O) groups is 1. The van der Waals surface area contributed by atoms with Crippen LogP contribution in [0.2, 0.25) is 0 Å². The van der Waals surface area contributed by atoms with Crippen LogP contribution in [0.5, 0.6) is 0 Å². The summed E-state index contributed by atoms with van der Waals surface area (Å²) in [6, 6.07) is 8.18. The normalized spacial score (nSPS) is 35.9. The van der Waals surface area contributed by atoms with E-state index in [1.165, 1.54) is 44.1 Å². The molecule has 4 aliphatic carbocycles. The Bertz CT molecular complexity index is 537. The summed E-state index contributed by atoms with van der Waals surface area (Å²) in [7, 11) is 0. The molecule has 0 unspecified atom stereocenters. The number of hydrogen-bond acceptors (Lipinski definition) is 1. The molecule has 4 saturated carbocycles. The molecule has 4 aliphatic rings. The maximum absolute atomic E-state index is 12.7. The van der Waals surface area contributed by atoms with Gasteiger partial charge in [-0.1, -0.05) is 26.0 Å². The highest BCUT2D eigenvalue weighted by atomic mass is 16.1. The lowest BCUT2D eigenvalue weighted by Gasteiger charge is -2.56. The zero-order chi connectivity index (χ0) is 15.3. The van der Waals surface area contributed by atoms with Gasteiger partial charge in [-0.2, -0.15) is 0 Å². The van der Waals surface area contributed by atoms with E-state index in [4.69, 9.17) is 0 Å². The maximum Gasteiger partial charge on any atom is 0.251 e. The van der Waals surface area contributed by atoms with E-state index in [9.17, 15) is 4.79 Å². The van der Waals surface area contributed by atoms with Crippen molar-refractivity contribution in [3.05, 3.63) is 35.4 Å². The lowest BCUT2D eigenvalue weighted by molar-refractivity contribution is -0.0167. The van der Waals surface area contributed by atoms with Crippen LogP contribution in [0, 0.1) is 17.8 Å². The lowest BCUT2D eigenvalue weighted by Crippen LogP contribution is -2.59.